The maximum absolute atomic E-state index is 13.6. The molecule has 2 aromatic rings. The normalized spacial score (nSPS) is 14.8. The van der Waals surface area contributed by atoms with E-state index >= 15 is 0 Å². The number of halogens is 2. The molecule has 1 heterocycles. The zero-order valence-corrected chi connectivity index (χ0v) is 14.9. The number of anilines is 1. The predicted molar refractivity (Wildman–Crippen MR) is 97.9 cm³/mol. The first-order valence-electron chi connectivity index (χ1n) is 8.92. The van der Waals surface area contributed by atoms with Crippen LogP contribution in [-0.2, 0) is 4.74 Å². The van der Waals surface area contributed by atoms with Crippen LogP contribution in [0.25, 0.3) is 0 Å². The van der Waals surface area contributed by atoms with E-state index in [2.05, 4.69) is 5.32 Å². The summed E-state index contributed by atoms with van der Waals surface area (Å²) in [6.45, 7) is 1.89. The van der Waals surface area contributed by atoms with Crippen molar-refractivity contribution in [1.82, 2.24) is 4.90 Å². The van der Waals surface area contributed by atoms with Crippen molar-refractivity contribution < 1.29 is 23.0 Å². The summed E-state index contributed by atoms with van der Waals surface area (Å²) in [6.07, 6.45) is 1.47. The van der Waals surface area contributed by atoms with Crippen molar-refractivity contribution >= 4 is 11.7 Å². The first-order chi connectivity index (χ1) is 13.1. The molecule has 0 bridgehead atoms. The lowest BCUT2D eigenvalue weighted by atomic mass is 10.1. The summed E-state index contributed by atoms with van der Waals surface area (Å²) in [5.74, 6) is -0.158. The SMILES string of the molecule is O=C(Nc1ccccc1F)N1CCC(OCCOc2ccc(F)cc2)CC1. The molecule has 5 nitrogen and oxygen atoms in total. The third kappa shape index (κ3) is 5.65. The van der Waals surface area contributed by atoms with Gasteiger partial charge < -0.3 is 19.7 Å². The van der Waals surface area contributed by atoms with Crippen molar-refractivity contribution in [2.45, 2.75) is 18.9 Å². The van der Waals surface area contributed by atoms with E-state index in [-0.39, 0.29) is 23.6 Å². The zero-order chi connectivity index (χ0) is 19.1. The Morgan fingerprint density at radius 3 is 2.44 bits per heavy atom. The molecule has 1 fully saturated rings. The zero-order valence-electron chi connectivity index (χ0n) is 14.9. The number of amides is 2. The van der Waals surface area contributed by atoms with Gasteiger partial charge >= 0.3 is 6.03 Å². The molecule has 0 aliphatic carbocycles. The van der Waals surface area contributed by atoms with E-state index in [0.717, 1.165) is 0 Å². The number of piperidine rings is 1. The van der Waals surface area contributed by atoms with Crippen LogP contribution in [-0.4, -0.2) is 43.3 Å². The van der Waals surface area contributed by atoms with Gasteiger partial charge in [-0.05, 0) is 49.2 Å². The number of hydrogen-bond donors (Lipinski definition) is 1. The van der Waals surface area contributed by atoms with E-state index in [1.54, 1.807) is 29.2 Å². The highest BCUT2D eigenvalue weighted by molar-refractivity contribution is 5.89. The molecule has 144 valence electrons. The third-order valence-corrected chi connectivity index (χ3v) is 4.36. The molecular formula is C20H22F2N2O3. The highest BCUT2D eigenvalue weighted by atomic mass is 19.1. The van der Waals surface area contributed by atoms with Crippen molar-refractivity contribution in [2.24, 2.45) is 0 Å². The van der Waals surface area contributed by atoms with Crippen LogP contribution >= 0.6 is 0 Å². The first kappa shape index (κ1) is 19.1. The number of para-hydroxylation sites is 1. The van der Waals surface area contributed by atoms with E-state index in [0.29, 0.717) is 44.9 Å². The molecule has 0 radical (unpaired) electrons. The summed E-state index contributed by atoms with van der Waals surface area (Å²) < 4.78 is 37.7. The van der Waals surface area contributed by atoms with Gasteiger partial charge in [-0.1, -0.05) is 12.1 Å². The minimum Gasteiger partial charge on any atom is -0.491 e. The summed E-state index contributed by atoms with van der Waals surface area (Å²) in [5, 5.41) is 2.59. The molecule has 0 saturated carbocycles. The highest BCUT2D eigenvalue weighted by Gasteiger charge is 2.23. The minimum absolute atomic E-state index is 0.0549. The molecule has 0 aromatic heterocycles. The van der Waals surface area contributed by atoms with Gasteiger partial charge in [0.05, 0.1) is 18.4 Å². The number of hydrogen-bond acceptors (Lipinski definition) is 3. The average molecular weight is 376 g/mol. The van der Waals surface area contributed by atoms with Gasteiger partial charge in [-0.2, -0.15) is 0 Å². The van der Waals surface area contributed by atoms with Gasteiger partial charge in [-0.3, -0.25) is 0 Å². The molecule has 1 saturated heterocycles. The maximum atomic E-state index is 13.6. The van der Waals surface area contributed by atoms with Crippen LogP contribution in [0, 0.1) is 11.6 Å². The van der Waals surface area contributed by atoms with E-state index in [4.69, 9.17) is 9.47 Å². The fourth-order valence-corrected chi connectivity index (χ4v) is 2.89. The second kappa shape index (κ2) is 9.32. The van der Waals surface area contributed by atoms with Crippen LogP contribution in [0.4, 0.5) is 19.3 Å². The number of nitrogens with zero attached hydrogens (tertiary/aromatic N) is 1. The van der Waals surface area contributed by atoms with E-state index in [1.807, 2.05) is 0 Å². The van der Waals surface area contributed by atoms with Crippen LogP contribution in [0.15, 0.2) is 48.5 Å². The number of benzene rings is 2. The van der Waals surface area contributed by atoms with Gasteiger partial charge in [-0.25, -0.2) is 13.6 Å². The third-order valence-electron chi connectivity index (χ3n) is 4.36. The van der Waals surface area contributed by atoms with Crippen LogP contribution in [0.5, 0.6) is 5.75 Å². The van der Waals surface area contributed by atoms with Crippen LogP contribution in [0.3, 0.4) is 0 Å². The number of carbonyl (C=O) groups is 1. The molecule has 0 atom stereocenters. The van der Waals surface area contributed by atoms with Gasteiger partial charge in [0.25, 0.3) is 0 Å². The lowest BCUT2D eigenvalue weighted by Crippen LogP contribution is -2.43. The molecule has 0 spiro atoms. The van der Waals surface area contributed by atoms with Gasteiger partial charge in [0, 0.05) is 13.1 Å². The fraction of sp³-hybridized carbons (Fsp3) is 0.350. The standard InChI is InChI=1S/C20H22F2N2O3/c21-15-5-7-16(8-6-15)26-13-14-27-17-9-11-24(12-10-17)20(25)23-19-4-2-1-3-18(19)22/h1-8,17H,9-14H2,(H,23,25). The van der Waals surface area contributed by atoms with Crippen molar-refractivity contribution in [1.29, 1.82) is 0 Å². The monoisotopic (exact) mass is 376 g/mol. The molecular weight excluding hydrogens is 354 g/mol. The number of likely N-dealkylation sites (tertiary alicyclic amines) is 1. The van der Waals surface area contributed by atoms with Gasteiger partial charge in [0.2, 0.25) is 0 Å². The Hall–Kier alpha value is -2.67. The summed E-state index contributed by atoms with van der Waals surface area (Å²) in [5.41, 5.74) is 0.179. The molecule has 3 rings (SSSR count). The largest absolute Gasteiger partial charge is 0.491 e. The topological polar surface area (TPSA) is 50.8 Å². The highest BCUT2D eigenvalue weighted by Crippen LogP contribution is 2.17. The predicted octanol–water partition coefficient (Wildman–Crippen LogP) is 4.06. The Labute approximate surface area is 156 Å². The molecule has 0 unspecified atom stereocenters. The molecule has 2 aromatic carbocycles. The molecule has 1 N–H and O–H groups in total. The van der Waals surface area contributed by atoms with Gasteiger partial charge in [0.15, 0.2) is 0 Å². The number of rotatable bonds is 6. The summed E-state index contributed by atoms with van der Waals surface area (Å²) in [7, 11) is 0. The maximum Gasteiger partial charge on any atom is 0.321 e. The lowest BCUT2D eigenvalue weighted by Gasteiger charge is -2.32. The summed E-state index contributed by atoms with van der Waals surface area (Å²) >= 11 is 0. The van der Waals surface area contributed by atoms with E-state index in [9.17, 15) is 13.6 Å². The first-order valence-corrected chi connectivity index (χ1v) is 8.92. The molecule has 7 heteroatoms. The molecule has 1 aliphatic heterocycles. The van der Waals surface area contributed by atoms with Crippen LogP contribution < -0.4 is 10.1 Å². The van der Waals surface area contributed by atoms with Gasteiger partial charge in [0.1, 0.15) is 24.0 Å². The Kier molecular flexibility index (Phi) is 6.59. The Balaban J connectivity index is 1.34. The molecule has 2 amide bonds. The minimum atomic E-state index is -0.453. The molecule has 27 heavy (non-hydrogen) atoms. The van der Waals surface area contributed by atoms with Gasteiger partial charge in [-0.15, -0.1) is 0 Å². The average Bonchev–Trinajstić information content (AvgIpc) is 2.69. The van der Waals surface area contributed by atoms with Crippen molar-refractivity contribution in [3.8, 4) is 5.75 Å². The van der Waals surface area contributed by atoms with Crippen LogP contribution in [0.1, 0.15) is 12.8 Å². The lowest BCUT2D eigenvalue weighted by molar-refractivity contribution is 0.00271. The quantitative estimate of drug-likeness (QED) is 0.774. The van der Waals surface area contributed by atoms with E-state index in [1.165, 1.54) is 24.3 Å². The number of carbonyl (C=O) groups excluding carboxylic acids is 1. The summed E-state index contributed by atoms with van der Waals surface area (Å²) in [4.78, 5) is 13.9. The Bertz CT molecular complexity index is 747. The van der Waals surface area contributed by atoms with Crippen molar-refractivity contribution in [2.75, 3.05) is 31.6 Å². The number of urea groups is 1. The summed E-state index contributed by atoms with van der Waals surface area (Å²) in [6, 6.07) is 11.6. The Morgan fingerprint density at radius 2 is 1.74 bits per heavy atom. The van der Waals surface area contributed by atoms with E-state index < -0.39 is 5.82 Å². The Morgan fingerprint density at radius 1 is 1.04 bits per heavy atom. The number of nitrogens with one attached hydrogen (secondary N) is 1. The fourth-order valence-electron chi connectivity index (χ4n) is 2.89. The van der Waals surface area contributed by atoms with Crippen molar-refractivity contribution in [3.63, 3.8) is 0 Å². The second-order valence-electron chi connectivity index (χ2n) is 6.27. The second-order valence-corrected chi connectivity index (χ2v) is 6.27. The number of ether oxygens (including phenoxy) is 2. The van der Waals surface area contributed by atoms with Crippen molar-refractivity contribution in [3.05, 3.63) is 60.2 Å². The molecule has 1 aliphatic rings. The smallest absolute Gasteiger partial charge is 0.321 e. The van der Waals surface area contributed by atoms with Crippen LogP contribution in [0.2, 0.25) is 0 Å².